The van der Waals surface area contributed by atoms with E-state index in [2.05, 4.69) is 9.40 Å². The molecule has 1 saturated heterocycles. The number of carbonyl (C=O) groups excluding carboxylic acids is 2. The molecule has 1 aliphatic rings. The van der Waals surface area contributed by atoms with Crippen molar-refractivity contribution >= 4 is 32.3 Å². The number of carbonyl (C=O) groups is 2. The molecule has 0 spiro atoms. The van der Waals surface area contributed by atoms with Crippen LogP contribution in [0.2, 0.25) is 0 Å². The number of amides is 1. The first-order valence-electron chi connectivity index (χ1n) is 7.53. The van der Waals surface area contributed by atoms with E-state index in [0.29, 0.717) is 6.42 Å². The van der Waals surface area contributed by atoms with Crippen molar-refractivity contribution in [1.29, 1.82) is 0 Å². The first-order valence-corrected chi connectivity index (χ1v) is 10.0. The van der Waals surface area contributed by atoms with Crippen molar-refractivity contribution in [2.75, 3.05) is 6.61 Å². The summed E-state index contributed by atoms with van der Waals surface area (Å²) in [4.78, 5) is 23.3. The summed E-state index contributed by atoms with van der Waals surface area (Å²) >= 11 is -0.305. The zero-order chi connectivity index (χ0) is 17.7. The van der Waals surface area contributed by atoms with Gasteiger partial charge in [-0.2, -0.15) is 0 Å². The van der Waals surface area contributed by atoms with Crippen LogP contribution in [0.1, 0.15) is 16.9 Å². The molecule has 24 heavy (non-hydrogen) atoms. The van der Waals surface area contributed by atoms with Gasteiger partial charge >= 0.3 is 149 Å². The molecule has 0 radical (unpaired) electrons. The number of ether oxygens (including phenoxy) is 2. The summed E-state index contributed by atoms with van der Waals surface area (Å²) in [6.07, 6.45) is -4.34. The summed E-state index contributed by atoms with van der Waals surface area (Å²) in [7, 11) is 0. The summed E-state index contributed by atoms with van der Waals surface area (Å²) in [5.41, 5.74) is 0. The molecule has 8 nitrogen and oxygen atoms in total. The van der Waals surface area contributed by atoms with Gasteiger partial charge in [0.25, 0.3) is 0 Å². The van der Waals surface area contributed by atoms with E-state index < -0.39 is 43.2 Å². The van der Waals surface area contributed by atoms with E-state index in [0.717, 1.165) is 6.92 Å². The molecule has 2 rings (SSSR count). The second-order valence-electron chi connectivity index (χ2n) is 5.49. The van der Waals surface area contributed by atoms with Gasteiger partial charge in [0.05, 0.1) is 0 Å². The fourth-order valence-electron chi connectivity index (χ4n) is 2.45. The molecule has 1 fully saturated rings. The summed E-state index contributed by atoms with van der Waals surface area (Å²) in [5, 5.41) is 31.9. The molecule has 0 saturated carbocycles. The fraction of sp³-hybridized carbons (Fsp3) is 0.600. The number of esters is 1. The number of hydrogen-bond donors (Lipinski definition) is 4. The molecule has 1 amide bonds. The van der Waals surface area contributed by atoms with E-state index >= 15 is 0 Å². The van der Waals surface area contributed by atoms with Crippen LogP contribution in [0.25, 0.3) is 0 Å². The summed E-state index contributed by atoms with van der Waals surface area (Å²) in [6.45, 7) is 0.611. The third-order valence-corrected chi connectivity index (χ3v) is 6.34. The zero-order valence-corrected chi connectivity index (χ0v) is 15.5. The Morgan fingerprint density at radius 1 is 1.38 bits per heavy atom. The van der Waals surface area contributed by atoms with E-state index in [9.17, 15) is 24.9 Å². The molecule has 134 valence electrons. The van der Waals surface area contributed by atoms with Gasteiger partial charge in [0.2, 0.25) is 0 Å². The van der Waals surface area contributed by atoms with Gasteiger partial charge in [-0.05, 0) is 0 Å². The Kier molecular flexibility index (Phi) is 7.22. The molecule has 5 atom stereocenters. The van der Waals surface area contributed by atoms with E-state index in [-0.39, 0.29) is 32.8 Å². The van der Waals surface area contributed by atoms with Crippen molar-refractivity contribution in [1.82, 2.24) is 5.32 Å². The number of aryl methyl sites for hydroxylation is 1. The third-order valence-electron chi connectivity index (χ3n) is 3.67. The average molecular weight is 455 g/mol. The standard InChI is InChI=1S/C15H21NO7Te/c1-8(18)22-15-12(14(21)13(20)10(7-17)23-15)16-11(19)5-4-9-3-2-6-24-9/h2-3,6,10,12-15,17,20-21H,4-5,7H2,1H3,(H,16,19)/t10?,12?,13-,14-,15-/m1/s1. The molecule has 1 aliphatic heterocycles. The number of nitrogens with one attached hydrogen (secondary N) is 1. The van der Waals surface area contributed by atoms with Gasteiger partial charge in [0, 0.05) is 0 Å². The molecule has 1 aromatic rings. The first kappa shape index (κ1) is 19.4. The summed E-state index contributed by atoms with van der Waals surface area (Å²) in [6, 6.07) is 2.88. The molecule has 0 aromatic carbocycles. The van der Waals surface area contributed by atoms with Crippen molar-refractivity contribution in [3.05, 3.63) is 19.8 Å². The Morgan fingerprint density at radius 2 is 2.12 bits per heavy atom. The van der Waals surface area contributed by atoms with Crippen molar-refractivity contribution in [2.45, 2.75) is 50.4 Å². The average Bonchev–Trinajstić information content (AvgIpc) is 3.05. The van der Waals surface area contributed by atoms with Gasteiger partial charge in [-0.15, -0.1) is 0 Å². The van der Waals surface area contributed by atoms with E-state index in [1.807, 2.05) is 12.1 Å². The van der Waals surface area contributed by atoms with Gasteiger partial charge in [-0.1, -0.05) is 0 Å². The number of aliphatic hydroxyl groups excluding tert-OH is 3. The molecular formula is C15H21NO7Te. The van der Waals surface area contributed by atoms with Crippen LogP contribution in [0.15, 0.2) is 16.2 Å². The van der Waals surface area contributed by atoms with Crippen LogP contribution in [0, 0.1) is 0 Å². The molecule has 9 heteroatoms. The fourth-order valence-corrected chi connectivity index (χ4v) is 4.47. The Labute approximate surface area is 149 Å². The Bertz CT molecular complexity index is 550. The van der Waals surface area contributed by atoms with Crippen LogP contribution in [-0.2, 0) is 25.5 Å². The van der Waals surface area contributed by atoms with Crippen LogP contribution < -0.4 is 5.32 Å². The molecule has 1 aromatic heterocycles. The molecule has 0 aliphatic carbocycles. The Hall–Kier alpha value is -0.950. The summed E-state index contributed by atoms with van der Waals surface area (Å²) < 4.78 is 13.6. The van der Waals surface area contributed by atoms with E-state index in [4.69, 9.17) is 9.47 Å². The quantitative estimate of drug-likeness (QED) is 0.294. The monoisotopic (exact) mass is 457 g/mol. The van der Waals surface area contributed by atoms with Crippen molar-refractivity contribution in [3.8, 4) is 0 Å². The third kappa shape index (κ3) is 5.02. The number of rotatable bonds is 6. The Morgan fingerprint density at radius 3 is 2.71 bits per heavy atom. The van der Waals surface area contributed by atoms with Crippen LogP contribution in [0.3, 0.4) is 0 Å². The van der Waals surface area contributed by atoms with Gasteiger partial charge in [-0.3, -0.25) is 0 Å². The molecule has 2 heterocycles. The van der Waals surface area contributed by atoms with Gasteiger partial charge in [-0.25, -0.2) is 0 Å². The molecule has 0 bridgehead atoms. The predicted molar refractivity (Wildman–Crippen MR) is 83.2 cm³/mol. The number of aliphatic hydroxyl groups is 3. The minimum atomic E-state index is -1.43. The van der Waals surface area contributed by atoms with Crippen molar-refractivity contribution in [2.24, 2.45) is 0 Å². The maximum absolute atomic E-state index is 12.1. The van der Waals surface area contributed by atoms with Gasteiger partial charge < -0.3 is 0 Å². The minimum absolute atomic E-state index is 0.230. The van der Waals surface area contributed by atoms with Crippen molar-refractivity contribution < 1.29 is 34.4 Å². The molecular weight excluding hydrogens is 434 g/mol. The van der Waals surface area contributed by atoms with Crippen LogP contribution in [0.5, 0.6) is 0 Å². The second kappa shape index (κ2) is 8.94. The van der Waals surface area contributed by atoms with E-state index in [1.165, 1.54) is 3.58 Å². The molecule has 2 unspecified atom stereocenters. The number of hydrogen-bond acceptors (Lipinski definition) is 7. The zero-order valence-electron chi connectivity index (χ0n) is 13.1. The second-order valence-corrected chi connectivity index (χ2v) is 8.43. The van der Waals surface area contributed by atoms with Crippen LogP contribution in [0.4, 0.5) is 0 Å². The van der Waals surface area contributed by atoms with Crippen molar-refractivity contribution in [3.63, 3.8) is 0 Å². The van der Waals surface area contributed by atoms with E-state index in [1.54, 1.807) is 0 Å². The van der Waals surface area contributed by atoms with Gasteiger partial charge in [0.15, 0.2) is 0 Å². The van der Waals surface area contributed by atoms with Crippen LogP contribution >= 0.6 is 0 Å². The summed E-state index contributed by atoms with van der Waals surface area (Å²) in [5.74, 6) is -0.998. The maximum atomic E-state index is 12.1. The predicted octanol–water partition coefficient (Wildman–Crippen LogP) is -1.84. The normalized spacial score (nSPS) is 29.9. The molecule has 4 N–H and O–H groups in total. The Balaban J connectivity index is 2.00. The topological polar surface area (TPSA) is 125 Å². The van der Waals surface area contributed by atoms with Crippen LogP contribution in [-0.4, -0.2) is 84.9 Å². The SMILES string of the molecule is CC(=O)O[C@@H]1OC(CO)[C@@H](O)[C@H](O)C1NC(=O)CCc1ccc[te]1. The van der Waals surface area contributed by atoms with Gasteiger partial charge in [0.1, 0.15) is 0 Å². The first-order chi connectivity index (χ1) is 11.4.